The van der Waals surface area contributed by atoms with Crippen LogP contribution in [0.25, 0.3) is 0 Å². The molecule has 0 saturated carbocycles. The van der Waals surface area contributed by atoms with E-state index in [1.54, 1.807) is 6.08 Å². The lowest BCUT2D eigenvalue weighted by atomic mass is 10.1. The van der Waals surface area contributed by atoms with E-state index in [9.17, 15) is 52.7 Å². The molecule has 0 radical (unpaired) electrons. The van der Waals surface area contributed by atoms with E-state index in [0.717, 1.165) is 24.2 Å². The van der Waals surface area contributed by atoms with Crippen molar-refractivity contribution in [2.45, 2.75) is 123 Å². The van der Waals surface area contributed by atoms with Gasteiger partial charge >= 0.3 is 5.97 Å². The number of rotatable bonds is 34. The lowest BCUT2D eigenvalue weighted by Gasteiger charge is -2.20. The first kappa shape index (κ1) is 55.7. The Morgan fingerprint density at radius 1 is 0.562 bits per heavy atom. The van der Waals surface area contributed by atoms with E-state index < -0.39 is 73.0 Å². The van der Waals surface area contributed by atoms with Crippen molar-refractivity contribution in [2.24, 2.45) is 0 Å². The van der Waals surface area contributed by atoms with E-state index in [1.807, 2.05) is 6.92 Å². The van der Waals surface area contributed by atoms with Crippen LogP contribution in [-0.4, -0.2) is 133 Å². The van der Waals surface area contributed by atoms with E-state index >= 15 is 0 Å². The lowest BCUT2D eigenvalue weighted by molar-refractivity contribution is -0.139. The summed E-state index contributed by atoms with van der Waals surface area (Å²) in [6.07, 6.45) is 10.0. The van der Waals surface area contributed by atoms with Crippen LogP contribution in [0.5, 0.6) is 0 Å². The Bertz CT molecular complexity index is 1670. The smallest absolute Gasteiger partial charge is 0.303 e. The molecule has 1 heterocycles. The second-order valence-electron chi connectivity index (χ2n) is 15.0. The lowest BCUT2D eigenvalue weighted by Crippen LogP contribution is -2.51. The highest BCUT2D eigenvalue weighted by Crippen LogP contribution is 2.11. The molecule has 1 rings (SSSR count). The summed E-state index contributed by atoms with van der Waals surface area (Å²) < 4.78 is 0. The number of carboxylic acids is 1. The number of likely N-dealkylation sites (tertiary alicyclic amines) is 1. The topological polar surface area (TPSA) is 320 Å². The van der Waals surface area contributed by atoms with Gasteiger partial charge in [-0.3, -0.25) is 57.6 Å². The zero-order valence-electron chi connectivity index (χ0n) is 37.4. The molecule has 64 heavy (non-hydrogen) atoms. The summed E-state index contributed by atoms with van der Waals surface area (Å²) in [4.78, 5) is 135. The maximum atomic E-state index is 13.2. The molecule has 358 valence electrons. The Kier molecular flexibility index (Phi) is 28.9. The zero-order chi connectivity index (χ0) is 47.7. The third-order valence-corrected chi connectivity index (χ3v) is 9.41. The Hall–Kier alpha value is -6.35. The van der Waals surface area contributed by atoms with Crippen molar-refractivity contribution >= 4 is 65.0 Å². The van der Waals surface area contributed by atoms with E-state index in [1.165, 1.54) is 5.57 Å². The minimum atomic E-state index is -1.07. The first-order chi connectivity index (χ1) is 30.5. The molecular weight excluding hydrogens is 837 g/mol. The Morgan fingerprint density at radius 2 is 1.05 bits per heavy atom. The van der Waals surface area contributed by atoms with Crippen LogP contribution in [0.4, 0.5) is 0 Å². The average Bonchev–Trinajstić information content (AvgIpc) is 3.57. The number of carbonyl (C=O) groups is 11. The Morgan fingerprint density at radius 3 is 1.58 bits per heavy atom. The summed E-state index contributed by atoms with van der Waals surface area (Å²) in [5, 5.41) is 31.6. The van der Waals surface area contributed by atoms with Crippen molar-refractivity contribution in [3.8, 4) is 0 Å². The number of hydrogen-bond acceptors (Lipinski definition) is 12. The summed E-state index contributed by atoms with van der Waals surface area (Å²) in [7, 11) is 0. The summed E-state index contributed by atoms with van der Waals surface area (Å²) >= 11 is 0. The normalized spacial score (nSPS) is 13.0. The van der Waals surface area contributed by atoms with E-state index in [2.05, 4.69) is 67.8 Å². The highest BCUT2D eigenvalue weighted by atomic mass is 16.4. The quantitative estimate of drug-likeness (QED) is 0.0211. The fourth-order valence-corrected chi connectivity index (χ4v) is 6.02. The second kappa shape index (κ2) is 33.2. The van der Waals surface area contributed by atoms with Crippen molar-refractivity contribution in [2.75, 3.05) is 52.4 Å². The van der Waals surface area contributed by atoms with Gasteiger partial charge in [0.15, 0.2) is 0 Å². The molecule has 10 amide bonds. The van der Waals surface area contributed by atoms with Gasteiger partial charge in [-0.2, -0.15) is 0 Å². The van der Waals surface area contributed by atoms with Crippen LogP contribution in [0.1, 0.15) is 117 Å². The molecule has 1 unspecified atom stereocenters. The van der Waals surface area contributed by atoms with Crippen LogP contribution in [0, 0.1) is 0 Å². The van der Waals surface area contributed by atoms with Gasteiger partial charge in [0.25, 0.3) is 0 Å². The fraction of sp³-hybridized carbons (Fsp3) is 0.643. The van der Waals surface area contributed by atoms with Crippen molar-refractivity contribution < 1.29 is 57.8 Å². The fourth-order valence-electron chi connectivity index (χ4n) is 6.02. The van der Waals surface area contributed by atoms with Gasteiger partial charge in [-0.05, 0) is 77.2 Å². The molecular formula is C42H68N10O12. The maximum Gasteiger partial charge on any atom is 0.303 e. The zero-order valence-corrected chi connectivity index (χ0v) is 37.4. The minimum absolute atomic E-state index is 0.0351. The monoisotopic (exact) mass is 905 g/mol. The maximum absolute atomic E-state index is 13.2. The van der Waals surface area contributed by atoms with Crippen molar-refractivity contribution in [1.82, 2.24) is 52.8 Å². The van der Waals surface area contributed by atoms with Gasteiger partial charge in [0, 0.05) is 51.7 Å². The van der Waals surface area contributed by atoms with Gasteiger partial charge in [-0.1, -0.05) is 25.5 Å². The molecule has 1 atom stereocenters. The van der Waals surface area contributed by atoms with Gasteiger partial charge in [0.1, 0.15) is 11.9 Å². The van der Waals surface area contributed by atoms with Crippen molar-refractivity contribution in [3.05, 3.63) is 23.5 Å². The predicted octanol–water partition coefficient (Wildman–Crippen LogP) is -0.993. The van der Waals surface area contributed by atoms with E-state index in [0.29, 0.717) is 57.3 Å². The molecule has 10 N–H and O–H groups in total. The molecule has 1 aliphatic heterocycles. The van der Waals surface area contributed by atoms with Crippen LogP contribution in [0.2, 0.25) is 0 Å². The van der Waals surface area contributed by atoms with Crippen molar-refractivity contribution in [3.63, 3.8) is 0 Å². The SMILES string of the molecule is CC/C=C(/C)CCCCC(=O)NCC(=O)NCC(=O)N/C(=C/CC)NCCCCC(NC(=O)CNC(=O)CNC(=O)CNC(=O)CCCCC(=O)O)C(=O)NCCN1C(=O)CCC1=O. The molecule has 0 bridgehead atoms. The molecule has 0 aromatic rings. The van der Waals surface area contributed by atoms with Crippen LogP contribution in [0.15, 0.2) is 23.5 Å². The number of hydrogen-bond donors (Lipinski definition) is 10. The number of amides is 10. The molecule has 22 nitrogen and oxygen atoms in total. The van der Waals surface area contributed by atoms with Crippen LogP contribution < -0.4 is 47.9 Å². The molecule has 22 heteroatoms. The van der Waals surface area contributed by atoms with Crippen LogP contribution in [0.3, 0.4) is 0 Å². The van der Waals surface area contributed by atoms with Crippen molar-refractivity contribution in [1.29, 1.82) is 0 Å². The number of nitrogens with zero attached hydrogens (tertiary/aromatic N) is 1. The molecule has 0 aromatic heterocycles. The van der Waals surface area contributed by atoms with E-state index in [4.69, 9.17) is 5.11 Å². The molecule has 1 fully saturated rings. The number of carboxylic acid groups (broad SMARTS) is 1. The largest absolute Gasteiger partial charge is 0.481 e. The number of aliphatic carboxylic acids is 1. The summed E-state index contributed by atoms with van der Waals surface area (Å²) in [6, 6.07) is -1.07. The van der Waals surface area contributed by atoms with Gasteiger partial charge in [0.2, 0.25) is 59.1 Å². The molecule has 0 aromatic carbocycles. The van der Waals surface area contributed by atoms with Gasteiger partial charge in [-0.15, -0.1) is 0 Å². The number of imide groups is 1. The molecule has 1 saturated heterocycles. The van der Waals surface area contributed by atoms with Crippen LogP contribution in [-0.2, 0) is 52.7 Å². The molecule has 0 spiro atoms. The molecule has 0 aliphatic carbocycles. The average molecular weight is 905 g/mol. The summed E-state index contributed by atoms with van der Waals surface area (Å²) in [5.41, 5.74) is 1.28. The number of allylic oxidation sites excluding steroid dienone is 3. The predicted molar refractivity (Wildman–Crippen MR) is 233 cm³/mol. The third-order valence-electron chi connectivity index (χ3n) is 9.41. The Balaban J connectivity index is 2.56. The summed E-state index contributed by atoms with van der Waals surface area (Å²) in [6.45, 7) is 4.20. The number of unbranched alkanes of at least 4 members (excludes halogenated alkanes) is 3. The number of carbonyl (C=O) groups excluding carboxylic acids is 10. The first-order valence-electron chi connectivity index (χ1n) is 21.9. The van der Waals surface area contributed by atoms with E-state index in [-0.39, 0.29) is 76.0 Å². The van der Waals surface area contributed by atoms with Gasteiger partial charge in [0.05, 0.1) is 32.7 Å². The van der Waals surface area contributed by atoms with Crippen LogP contribution >= 0.6 is 0 Å². The third kappa shape index (κ3) is 27.6. The number of nitrogens with one attached hydrogen (secondary N) is 9. The second-order valence-corrected chi connectivity index (χ2v) is 15.0. The first-order valence-corrected chi connectivity index (χ1v) is 21.9. The minimum Gasteiger partial charge on any atom is -0.481 e. The van der Waals surface area contributed by atoms with Gasteiger partial charge < -0.3 is 53.0 Å². The highest BCUT2D eigenvalue weighted by molar-refractivity contribution is 6.02. The highest BCUT2D eigenvalue weighted by Gasteiger charge is 2.29. The molecule has 1 aliphatic rings. The Labute approximate surface area is 374 Å². The summed E-state index contributed by atoms with van der Waals surface area (Å²) in [5.74, 6) is -5.68. The standard InChI is InChI=1S/C42H68N10O12/c1-4-12-29(3)14-6-7-16-32(53)46-25-35(56)49-28-38(59)51-31(13-5-2)43-21-11-10-15-30(42(64)44-22-23-52-39(60)19-20-40(52)61)50-37(58)27-48-36(57)26-47-34(55)24-45-33(54)17-8-9-18-41(62)63/h12-13,30,43H,4-11,14-28H2,1-3H3,(H,44,64)(H,45,54)(H,46,53)(H,47,55)(H,48,57)(H,49,56)(H,50,58)(H,51,59)(H,62,63)/b29-12-,31-13+. The van der Waals surface area contributed by atoms with Gasteiger partial charge in [-0.25, -0.2) is 0 Å².